The van der Waals surface area contributed by atoms with E-state index in [9.17, 15) is 0 Å². The summed E-state index contributed by atoms with van der Waals surface area (Å²) >= 11 is 17.4. The summed E-state index contributed by atoms with van der Waals surface area (Å²) in [5.41, 5.74) is 2.90. The first-order chi connectivity index (χ1) is 10.2. The van der Waals surface area contributed by atoms with Gasteiger partial charge in [-0.25, -0.2) is 0 Å². The summed E-state index contributed by atoms with van der Waals surface area (Å²) in [4.78, 5) is 1.16. The van der Waals surface area contributed by atoms with Crippen molar-refractivity contribution < 1.29 is 0 Å². The van der Waals surface area contributed by atoms with E-state index in [1.165, 1.54) is 0 Å². The Labute approximate surface area is 144 Å². The SMILES string of the molecule is Clc1c(Br)ccc(NCc2cn[nH]c2-c2cccs2)c1Cl. The van der Waals surface area contributed by atoms with Crippen LogP contribution in [-0.4, -0.2) is 10.2 Å². The van der Waals surface area contributed by atoms with Gasteiger partial charge in [-0.3, -0.25) is 5.10 Å². The van der Waals surface area contributed by atoms with Crippen molar-refractivity contribution in [2.24, 2.45) is 0 Å². The van der Waals surface area contributed by atoms with Crippen LogP contribution in [0.25, 0.3) is 10.6 Å². The van der Waals surface area contributed by atoms with Gasteiger partial charge in [-0.2, -0.15) is 5.10 Å². The summed E-state index contributed by atoms with van der Waals surface area (Å²) in [6, 6.07) is 7.84. The average molecular weight is 403 g/mol. The molecule has 0 unspecified atom stereocenters. The van der Waals surface area contributed by atoms with Crippen LogP contribution in [0.4, 0.5) is 5.69 Å². The number of nitrogens with zero attached hydrogens (tertiary/aromatic N) is 1. The van der Waals surface area contributed by atoms with Crippen LogP contribution in [0.3, 0.4) is 0 Å². The second-order valence-corrected chi connectivity index (χ2v) is 6.88. The average Bonchev–Trinajstić information content (AvgIpc) is 3.14. The van der Waals surface area contributed by atoms with Gasteiger partial charge < -0.3 is 5.32 Å². The molecule has 21 heavy (non-hydrogen) atoms. The predicted molar refractivity (Wildman–Crippen MR) is 93.4 cm³/mol. The van der Waals surface area contributed by atoms with Crippen LogP contribution in [0.5, 0.6) is 0 Å². The maximum Gasteiger partial charge on any atom is 0.0835 e. The molecule has 0 atom stereocenters. The Kier molecular flexibility index (Phi) is 4.54. The molecule has 0 radical (unpaired) electrons. The summed E-state index contributed by atoms with van der Waals surface area (Å²) in [5.74, 6) is 0. The Morgan fingerprint density at radius 3 is 2.86 bits per heavy atom. The molecule has 0 saturated heterocycles. The van der Waals surface area contributed by atoms with Crippen molar-refractivity contribution in [2.75, 3.05) is 5.32 Å². The van der Waals surface area contributed by atoms with Crippen molar-refractivity contribution in [1.82, 2.24) is 10.2 Å². The number of hydrogen-bond acceptors (Lipinski definition) is 3. The molecule has 0 fully saturated rings. The minimum Gasteiger partial charge on any atom is -0.380 e. The molecule has 0 spiro atoms. The molecule has 3 rings (SSSR count). The van der Waals surface area contributed by atoms with Gasteiger partial charge in [-0.15, -0.1) is 11.3 Å². The van der Waals surface area contributed by atoms with Crippen molar-refractivity contribution in [2.45, 2.75) is 6.54 Å². The lowest BCUT2D eigenvalue weighted by Gasteiger charge is -2.10. The molecule has 2 N–H and O–H groups in total. The number of anilines is 1. The molecule has 0 amide bonds. The lowest BCUT2D eigenvalue weighted by molar-refractivity contribution is 1.10. The normalized spacial score (nSPS) is 10.8. The van der Waals surface area contributed by atoms with Gasteiger partial charge in [0.05, 0.1) is 32.5 Å². The van der Waals surface area contributed by atoms with Crippen LogP contribution < -0.4 is 5.32 Å². The second kappa shape index (κ2) is 6.40. The van der Waals surface area contributed by atoms with Crippen molar-refractivity contribution in [3.05, 3.63) is 55.9 Å². The van der Waals surface area contributed by atoms with Gasteiger partial charge in [0.25, 0.3) is 0 Å². The van der Waals surface area contributed by atoms with E-state index in [0.717, 1.165) is 26.3 Å². The fourth-order valence-corrected chi connectivity index (χ4v) is 3.53. The van der Waals surface area contributed by atoms with Gasteiger partial charge in [0.15, 0.2) is 0 Å². The van der Waals surface area contributed by atoms with Crippen molar-refractivity contribution in [1.29, 1.82) is 0 Å². The first kappa shape index (κ1) is 14.9. The van der Waals surface area contributed by atoms with E-state index in [2.05, 4.69) is 37.5 Å². The van der Waals surface area contributed by atoms with Gasteiger partial charge in [0, 0.05) is 16.6 Å². The Morgan fingerprint density at radius 1 is 1.24 bits per heavy atom. The number of H-pyrrole nitrogens is 1. The quantitative estimate of drug-likeness (QED) is 0.539. The van der Waals surface area contributed by atoms with E-state index >= 15 is 0 Å². The minimum atomic E-state index is 0.507. The molecule has 1 aromatic carbocycles. The molecule has 0 aliphatic carbocycles. The fourth-order valence-electron chi connectivity index (χ4n) is 1.93. The third kappa shape index (κ3) is 3.11. The lowest BCUT2D eigenvalue weighted by Crippen LogP contribution is -2.00. The summed E-state index contributed by atoms with van der Waals surface area (Å²) in [6.07, 6.45) is 1.82. The summed E-state index contributed by atoms with van der Waals surface area (Å²) in [7, 11) is 0. The van der Waals surface area contributed by atoms with Crippen LogP contribution in [0.15, 0.2) is 40.3 Å². The molecule has 0 bridgehead atoms. The first-order valence-corrected chi connectivity index (χ1v) is 8.53. The van der Waals surface area contributed by atoms with Gasteiger partial charge in [-0.05, 0) is 39.5 Å². The van der Waals surface area contributed by atoms with Crippen LogP contribution in [-0.2, 0) is 6.54 Å². The number of aromatic amines is 1. The first-order valence-electron chi connectivity index (χ1n) is 6.10. The molecule has 0 aliphatic rings. The monoisotopic (exact) mass is 401 g/mol. The number of nitrogens with one attached hydrogen (secondary N) is 2. The third-order valence-electron chi connectivity index (χ3n) is 2.99. The minimum absolute atomic E-state index is 0.507. The zero-order valence-electron chi connectivity index (χ0n) is 10.7. The van der Waals surface area contributed by atoms with Crippen LogP contribution in [0.2, 0.25) is 10.0 Å². The van der Waals surface area contributed by atoms with E-state index in [-0.39, 0.29) is 0 Å². The Morgan fingerprint density at radius 2 is 2.10 bits per heavy atom. The molecule has 3 nitrogen and oxygen atoms in total. The standard InChI is InChI=1S/C14H10BrCl2N3S/c15-9-3-4-10(13(17)12(9)16)18-6-8-7-19-20-14(8)11-2-1-5-21-11/h1-5,7,18H,6H2,(H,19,20). The number of hydrogen-bond donors (Lipinski definition) is 2. The topological polar surface area (TPSA) is 40.7 Å². The summed E-state index contributed by atoms with van der Waals surface area (Å²) in [6.45, 7) is 0.613. The maximum absolute atomic E-state index is 6.23. The molecular weight excluding hydrogens is 393 g/mol. The zero-order valence-corrected chi connectivity index (χ0v) is 14.6. The molecule has 0 saturated carbocycles. The second-order valence-electron chi connectivity index (χ2n) is 4.32. The van der Waals surface area contributed by atoms with Gasteiger partial charge in [0.1, 0.15) is 0 Å². The maximum atomic E-state index is 6.23. The van der Waals surface area contributed by atoms with Crippen molar-refractivity contribution in [3.63, 3.8) is 0 Å². The van der Waals surface area contributed by atoms with Gasteiger partial charge in [-0.1, -0.05) is 29.3 Å². The van der Waals surface area contributed by atoms with E-state index in [0.29, 0.717) is 16.6 Å². The highest BCUT2D eigenvalue weighted by molar-refractivity contribution is 9.10. The Bertz CT molecular complexity index is 756. The number of thiophene rings is 1. The lowest BCUT2D eigenvalue weighted by atomic mass is 10.2. The van der Waals surface area contributed by atoms with Crippen molar-refractivity contribution in [3.8, 4) is 10.6 Å². The summed E-state index contributed by atoms with van der Waals surface area (Å²) < 4.78 is 0.780. The Hall–Kier alpha value is -1.01. The predicted octanol–water partition coefficient (Wildman–Crippen LogP) is 5.82. The largest absolute Gasteiger partial charge is 0.380 e. The molecular formula is C14H10BrCl2N3S. The molecule has 3 aromatic rings. The number of rotatable bonds is 4. The molecule has 108 valence electrons. The van der Waals surface area contributed by atoms with Crippen molar-refractivity contribution >= 4 is 56.2 Å². The van der Waals surface area contributed by atoms with Gasteiger partial charge in [0.2, 0.25) is 0 Å². The zero-order chi connectivity index (χ0) is 14.8. The molecule has 7 heteroatoms. The molecule has 2 heterocycles. The van der Waals surface area contributed by atoms with E-state index in [4.69, 9.17) is 23.2 Å². The Balaban J connectivity index is 1.81. The van der Waals surface area contributed by atoms with E-state index in [1.807, 2.05) is 29.8 Å². The number of halogens is 3. The van der Waals surface area contributed by atoms with Crippen LogP contribution >= 0.6 is 50.5 Å². The molecule has 0 aliphatic heterocycles. The van der Waals surface area contributed by atoms with Gasteiger partial charge >= 0.3 is 0 Å². The van der Waals surface area contributed by atoms with E-state index in [1.54, 1.807) is 11.3 Å². The summed E-state index contributed by atoms with van der Waals surface area (Å²) in [5, 5.41) is 13.5. The number of benzene rings is 1. The van der Waals surface area contributed by atoms with Crippen LogP contribution in [0, 0.1) is 0 Å². The van der Waals surface area contributed by atoms with Crippen LogP contribution in [0.1, 0.15) is 5.56 Å². The fraction of sp³-hybridized carbons (Fsp3) is 0.0714. The molecule has 2 aromatic heterocycles. The number of aromatic nitrogens is 2. The smallest absolute Gasteiger partial charge is 0.0835 e. The third-order valence-corrected chi connectivity index (χ3v) is 5.65. The van der Waals surface area contributed by atoms with E-state index < -0.39 is 0 Å². The highest BCUT2D eigenvalue weighted by Crippen LogP contribution is 2.36. The highest BCUT2D eigenvalue weighted by atomic mass is 79.9. The highest BCUT2D eigenvalue weighted by Gasteiger charge is 2.11.